The van der Waals surface area contributed by atoms with Crippen LogP contribution in [0.1, 0.15) is 16.1 Å². The van der Waals surface area contributed by atoms with Gasteiger partial charge in [-0.3, -0.25) is 0 Å². The van der Waals surface area contributed by atoms with Crippen molar-refractivity contribution in [3.8, 4) is 11.4 Å². The Morgan fingerprint density at radius 2 is 1.94 bits per heavy atom. The van der Waals surface area contributed by atoms with Crippen LogP contribution >= 0.6 is 11.6 Å². The molecule has 0 bridgehead atoms. The number of carboxylic acids is 1. The lowest BCUT2D eigenvalue weighted by atomic mass is 10.2. The Morgan fingerprint density at radius 3 is 2.53 bits per heavy atom. The van der Waals surface area contributed by atoms with E-state index in [2.05, 4.69) is 9.97 Å². The van der Waals surface area contributed by atoms with Crippen molar-refractivity contribution in [2.45, 2.75) is 6.92 Å². The summed E-state index contributed by atoms with van der Waals surface area (Å²) in [6.45, 7) is 1.66. The van der Waals surface area contributed by atoms with Crippen LogP contribution in [0, 0.1) is 6.92 Å². The average molecular weight is 249 g/mol. The molecular formula is C12H9ClN2O2. The summed E-state index contributed by atoms with van der Waals surface area (Å²) in [5.41, 5.74) is 1.29. The maximum atomic E-state index is 10.9. The smallest absolute Gasteiger partial charge is 0.354 e. The highest BCUT2D eigenvalue weighted by molar-refractivity contribution is 6.30. The number of hydrogen-bond acceptors (Lipinski definition) is 3. The van der Waals surface area contributed by atoms with Gasteiger partial charge in [0.1, 0.15) is 0 Å². The highest BCUT2D eigenvalue weighted by Gasteiger charge is 2.11. The fraction of sp³-hybridized carbons (Fsp3) is 0.0833. The molecule has 86 valence electrons. The average Bonchev–Trinajstić information content (AvgIpc) is 2.30. The fourth-order valence-corrected chi connectivity index (χ4v) is 1.52. The van der Waals surface area contributed by atoms with E-state index in [1.807, 2.05) is 0 Å². The summed E-state index contributed by atoms with van der Waals surface area (Å²) in [7, 11) is 0. The minimum Gasteiger partial charge on any atom is -0.477 e. The van der Waals surface area contributed by atoms with Gasteiger partial charge in [0.2, 0.25) is 0 Å². The molecule has 0 aliphatic carbocycles. The van der Waals surface area contributed by atoms with Gasteiger partial charge in [-0.2, -0.15) is 0 Å². The summed E-state index contributed by atoms with van der Waals surface area (Å²) in [4.78, 5) is 19.1. The molecule has 1 heterocycles. The number of aromatic nitrogens is 2. The van der Waals surface area contributed by atoms with Gasteiger partial charge in [-0.1, -0.05) is 11.6 Å². The normalized spacial score (nSPS) is 10.2. The second kappa shape index (κ2) is 4.51. The quantitative estimate of drug-likeness (QED) is 0.888. The molecule has 5 heteroatoms. The zero-order valence-corrected chi connectivity index (χ0v) is 9.77. The molecule has 0 saturated carbocycles. The highest BCUT2D eigenvalue weighted by Crippen LogP contribution is 2.18. The zero-order valence-electron chi connectivity index (χ0n) is 9.01. The Balaban J connectivity index is 2.50. The Bertz CT molecular complexity index is 567. The van der Waals surface area contributed by atoms with Crippen molar-refractivity contribution in [3.05, 3.63) is 46.7 Å². The first-order valence-corrected chi connectivity index (χ1v) is 5.28. The van der Waals surface area contributed by atoms with Crippen molar-refractivity contribution in [3.63, 3.8) is 0 Å². The van der Waals surface area contributed by atoms with Crippen LogP contribution in [0.2, 0.25) is 5.02 Å². The second-order valence-corrected chi connectivity index (χ2v) is 3.97. The number of halogens is 1. The van der Waals surface area contributed by atoms with Crippen LogP contribution in [-0.2, 0) is 0 Å². The first-order valence-electron chi connectivity index (χ1n) is 4.91. The Labute approximate surface area is 103 Å². The molecule has 0 saturated heterocycles. The van der Waals surface area contributed by atoms with Crippen LogP contribution in [0.25, 0.3) is 11.4 Å². The van der Waals surface area contributed by atoms with Crippen molar-refractivity contribution in [2.75, 3.05) is 0 Å². The molecule has 17 heavy (non-hydrogen) atoms. The Hall–Kier alpha value is -1.94. The lowest BCUT2D eigenvalue weighted by Crippen LogP contribution is -2.05. The van der Waals surface area contributed by atoms with Crippen LogP contribution in [-0.4, -0.2) is 21.0 Å². The van der Waals surface area contributed by atoms with Gasteiger partial charge in [0.05, 0.1) is 0 Å². The number of aryl methyl sites for hydroxylation is 1. The predicted molar refractivity (Wildman–Crippen MR) is 64.2 cm³/mol. The molecule has 2 aromatic rings. The predicted octanol–water partition coefficient (Wildman–Crippen LogP) is 2.80. The van der Waals surface area contributed by atoms with Crippen LogP contribution in [0.4, 0.5) is 0 Å². The minimum atomic E-state index is -1.06. The molecule has 0 fully saturated rings. The molecule has 0 atom stereocenters. The molecule has 0 radical (unpaired) electrons. The van der Waals surface area contributed by atoms with Crippen LogP contribution in [0.15, 0.2) is 30.5 Å². The molecule has 2 rings (SSSR count). The van der Waals surface area contributed by atoms with E-state index in [1.54, 1.807) is 31.2 Å². The largest absolute Gasteiger partial charge is 0.477 e. The van der Waals surface area contributed by atoms with Gasteiger partial charge in [-0.25, -0.2) is 14.8 Å². The van der Waals surface area contributed by atoms with Gasteiger partial charge in [-0.15, -0.1) is 0 Å². The van der Waals surface area contributed by atoms with Crippen molar-refractivity contribution < 1.29 is 9.90 Å². The molecular weight excluding hydrogens is 240 g/mol. The lowest BCUT2D eigenvalue weighted by Gasteiger charge is -2.03. The molecule has 4 nitrogen and oxygen atoms in total. The van der Waals surface area contributed by atoms with Gasteiger partial charge >= 0.3 is 5.97 Å². The van der Waals surface area contributed by atoms with Crippen LogP contribution in [0.5, 0.6) is 0 Å². The summed E-state index contributed by atoms with van der Waals surface area (Å²) in [5.74, 6) is -0.676. The van der Waals surface area contributed by atoms with Gasteiger partial charge in [0, 0.05) is 22.3 Å². The molecule has 1 N–H and O–H groups in total. The van der Waals surface area contributed by atoms with Gasteiger partial charge in [-0.05, 0) is 31.2 Å². The Kier molecular flexibility index (Phi) is 3.06. The summed E-state index contributed by atoms with van der Waals surface area (Å²) in [5, 5.41) is 9.58. The number of rotatable bonds is 2. The standard InChI is InChI=1S/C12H9ClN2O2/c1-7-6-14-11(15-10(7)12(16)17)8-2-4-9(13)5-3-8/h2-6H,1H3,(H,16,17). The van der Waals surface area contributed by atoms with E-state index < -0.39 is 5.97 Å². The molecule has 0 amide bonds. The van der Waals surface area contributed by atoms with Crippen molar-refractivity contribution in [2.24, 2.45) is 0 Å². The van der Waals surface area contributed by atoms with E-state index in [0.29, 0.717) is 16.4 Å². The van der Waals surface area contributed by atoms with E-state index in [-0.39, 0.29) is 5.69 Å². The number of hydrogen-bond donors (Lipinski definition) is 1. The molecule has 1 aromatic carbocycles. The van der Waals surface area contributed by atoms with Crippen molar-refractivity contribution in [1.29, 1.82) is 0 Å². The molecule has 1 aromatic heterocycles. The third-order valence-electron chi connectivity index (χ3n) is 2.28. The van der Waals surface area contributed by atoms with Crippen molar-refractivity contribution >= 4 is 17.6 Å². The van der Waals surface area contributed by atoms with E-state index in [0.717, 1.165) is 5.56 Å². The maximum absolute atomic E-state index is 10.9. The van der Waals surface area contributed by atoms with Crippen LogP contribution in [0.3, 0.4) is 0 Å². The maximum Gasteiger partial charge on any atom is 0.354 e. The summed E-state index contributed by atoms with van der Waals surface area (Å²) >= 11 is 5.77. The SMILES string of the molecule is Cc1cnc(-c2ccc(Cl)cc2)nc1C(=O)O. The number of aromatic carboxylic acids is 1. The molecule has 0 unspecified atom stereocenters. The zero-order chi connectivity index (χ0) is 12.4. The fourth-order valence-electron chi connectivity index (χ4n) is 1.40. The Morgan fingerprint density at radius 1 is 1.29 bits per heavy atom. The van der Waals surface area contributed by atoms with Gasteiger partial charge < -0.3 is 5.11 Å². The van der Waals surface area contributed by atoms with Crippen LogP contribution < -0.4 is 0 Å². The summed E-state index contributed by atoms with van der Waals surface area (Å²) in [6.07, 6.45) is 1.50. The third-order valence-corrected chi connectivity index (χ3v) is 2.53. The molecule has 0 aliphatic rings. The molecule has 0 spiro atoms. The van der Waals surface area contributed by atoms with Gasteiger partial charge in [0.25, 0.3) is 0 Å². The van der Waals surface area contributed by atoms with Gasteiger partial charge in [0.15, 0.2) is 11.5 Å². The van der Waals surface area contributed by atoms with E-state index in [9.17, 15) is 4.79 Å². The topological polar surface area (TPSA) is 63.1 Å². The first kappa shape index (κ1) is 11.5. The van der Waals surface area contributed by atoms with E-state index in [1.165, 1.54) is 6.20 Å². The first-order chi connectivity index (χ1) is 8.08. The lowest BCUT2D eigenvalue weighted by molar-refractivity contribution is 0.0689. The number of nitrogens with zero attached hydrogens (tertiary/aromatic N) is 2. The highest BCUT2D eigenvalue weighted by atomic mass is 35.5. The molecule has 0 aliphatic heterocycles. The summed E-state index contributed by atoms with van der Waals surface area (Å²) in [6, 6.07) is 6.92. The number of carbonyl (C=O) groups is 1. The monoisotopic (exact) mass is 248 g/mol. The second-order valence-electron chi connectivity index (χ2n) is 3.54. The summed E-state index contributed by atoms with van der Waals surface area (Å²) < 4.78 is 0. The minimum absolute atomic E-state index is 0.0185. The number of carboxylic acid groups (broad SMARTS) is 1. The third kappa shape index (κ3) is 2.42. The van der Waals surface area contributed by atoms with Crippen molar-refractivity contribution in [1.82, 2.24) is 9.97 Å². The van der Waals surface area contributed by atoms with E-state index in [4.69, 9.17) is 16.7 Å². The van der Waals surface area contributed by atoms with E-state index >= 15 is 0 Å². The number of benzene rings is 1.